The van der Waals surface area contributed by atoms with Crippen molar-refractivity contribution >= 4 is 39.7 Å². The van der Waals surface area contributed by atoms with Crippen LogP contribution in [0, 0.1) is 5.82 Å². The number of nitrogens with one attached hydrogen (secondary N) is 1. The van der Waals surface area contributed by atoms with Gasteiger partial charge in [-0.25, -0.2) is 4.39 Å². The minimum atomic E-state index is -0.797. The van der Waals surface area contributed by atoms with E-state index in [1.165, 1.54) is 17.7 Å². The van der Waals surface area contributed by atoms with E-state index in [-0.39, 0.29) is 10.8 Å². The number of fused-ring (bicyclic) bond motifs is 1. The van der Waals surface area contributed by atoms with Gasteiger partial charge in [-0.05, 0) is 73.6 Å². The molecule has 0 aliphatic carbocycles. The lowest BCUT2D eigenvalue weighted by molar-refractivity contribution is 0.0982. The fourth-order valence-electron chi connectivity index (χ4n) is 4.02. The second kappa shape index (κ2) is 10.4. The Hall–Kier alpha value is -3.48. The number of phenols is 1. The molecule has 4 rings (SSSR count). The maximum atomic E-state index is 14.2. The molecule has 3 aromatic carbocycles. The monoisotopic (exact) mass is 491 g/mol. The first-order valence-corrected chi connectivity index (χ1v) is 11.8. The number of carbonyl (C=O) groups excluding carboxylic acids is 1. The lowest BCUT2D eigenvalue weighted by Crippen LogP contribution is -2.10. The Balaban J connectivity index is 1.84. The minimum absolute atomic E-state index is 0.00208. The van der Waals surface area contributed by atoms with Crippen molar-refractivity contribution in [2.24, 2.45) is 0 Å². The van der Waals surface area contributed by atoms with Gasteiger partial charge >= 0.3 is 0 Å². The molecule has 0 saturated heterocycles. The van der Waals surface area contributed by atoms with E-state index in [0.717, 1.165) is 24.0 Å². The normalized spacial score (nSPS) is 11.3. The summed E-state index contributed by atoms with van der Waals surface area (Å²) in [4.78, 5) is 19.6. The average molecular weight is 492 g/mol. The van der Waals surface area contributed by atoms with Gasteiger partial charge < -0.3 is 15.3 Å². The fraction of sp³-hybridized carbons (Fsp3) is 0.214. The highest BCUT2D eigenvalue weighted by atomic mass is 35.5. The summed E-state index contributed by atoms with van der Waals surface area (Å²) in [6, 6.07) is 16.3. The second-order valence-electron chi connectivity index (χ2n) is 8.80. The van der Waals surface area contributed by atoms with E-state index in [9.17, 15) is 14.3 Å². The van der Waals surface area contributed by atoms with E-state index in [1.54, 1.807) is 6.20 Å². The van der Waals surface area contributed by atoms with Crippen molar-refractivity contribution in [1.29, 1.82) is 0 Å². The standard InChI is InChI=1S/C28H27ClFN3O2/c1-4-5-26(34)22-15-31-25-11-8-18(19-13-23(29)28(35)24(30)14-19)12-21(25)27(22)32-20-9-6-17(7-10-20)16-33(2)3/h6-15,35H,4-5,16H2,1-3H3,(H,31,32). The predicted octanol–water partition coefficient (Wildman–Crippen LogP) is 7.19. The third-order valence-corrected chi connectivity index (χ3v) is 6.01. The molecule has 2 N–H and O–H groups in total. The van der Waals surface area contributed by atoms with Gasteiger partial charge in [0.1, 0.15) is 0 Å². The molecule has 5 nitrogen and oxygen atoms in total. The first kappa shape index (κ1) is 24.6. The van der Waals surface area contributed by atoms with Crippen molar-refractivity contribution < 1.29 is 14.3 Å². The molecule has 0 fully saturated rings. The maximum Gasteiger partial charge on any atom is 0.170 e. The Morgan fingerprint density at radius 3 is 2.49 bits per heavy atom. The third kappa shape index (κ3) is 5.45. The van der Waals surface area contributed by atoms with Gasteiger partial charge in [-0.15, -0.1) is 0 Å². The number of ketones is 1. The number of halogens is 2. The summed E-state index contributed by atoms with van der Waals surface area (Å²) in [5, 5.41) is 13.8. The van der Waals surface area contributed by atoms with Crippen molar-refractivity contribution in [2.75, 3.05) is 19.4 Å². The molecule has 35 heavy (non-hydrogen) atoms. The van der Waals surface area contributed by atoms with E-state index >= 15 is 0 Å². The number of hydrogen-bond donors (Lipinski definition) is 2. The molecule has 0 spiro atoms. The van der Waals surface area contributed by atoms with Crippen LogP contribution in [-0.2, 0) is 6.54 Å². The molecular formula is C28H27ClFN3O2. The van der Waals surface area contributed by atoms with Gasteiger partial charge in [0.05, 0.1) is 21.8 Å². The largest absolute Gasteiger partial charge is 0.504 e. The predicted molar refractivity (Wildman–Crippen MR) is 140 cm³/mol. The highest BCUT2D eigenvalue weighted by Crippen LogP contribution is 2.36. The molecule has 0 unspecified atom stereocenters. The Labute approximate surface area is 209 Å². The molecule has 7 heteroatoms. The first-order valence-electron chi connectivity index (χ1n) is 11.4. The van der Waals surface area contributed by atoms with Gasteiger partial charge in [-0.1, -0.05) is 36.7 Å². The number of pyridine rings is 1. The van der Waals surface area contributed by atoms with Crippen molar-refractivity contribution in [3.05, 3.63) is 82.8 Å². The van der Waals surface area contributed by atoms with Crippen LogP contribution in [0.3, 0.4) is 0 Å². The summed E-state index contributed by atoms with van der Waals surface area (Å²) in [5.74, 6) is -1.38. The van der Waals surface area contributed by atoms with Crippen molar-refractivity contribution in [2.45, 2.75) is 26.3 Å². The molecule has 0 bridgehead atoms. The summed E-state index contributed by atoms with van der Waals surface area (Å²) in [5.41, 5.74) is 5.07. The molecule has 0 amide bonds. The minimum Gasteiger partial charge on any atom is -0.504 e. The Kier molecular flexibility index (Phi) is 7.34. The van der Waals surface area contributed by atoms with Crippen LogP contribution < -0.4 is 5.32 Å². The molecule has 0 saturated carbocycles. The van der Waals surface area contributed by atoms with Gasteiger partial charge in [0, 0.05) is 30.2 Å². The molecule has 0 aliphatic heterocycles. The molecule has 1 heterocycles. The number of carbonyl (C=O) groups is 1. The van der Waals surface area contributed by atoms with E-state index in [1.807, 2.05) is 63.5 Å². The third-order valence-electron chi connectivity index (χ3n) is 5.72. The van der Waals surface area contributed by atoms with Crippen LogP contribution in [0.1, 0.15) is 35.7 Å². The van der Waals surface area contributed by atoms with E-state index in [2.05, 4.69) is 15.2 Å². The van der Waals surface area contributed by atoms with Crippen LogP contribution in [0.15, 0.2) is 60.8 Å². The highest BCUT2D eigenvalue weighted by molar-refractivity contribution is 6.32. The van der Waals surface area contributed by atoms with Crippen LogP contribution in [0.25, 0.3) is 22.0 Å². The number of aromatic hydroxyl groups is 1. The lowest BCUT2D eigenvalue weighted by Gasteiger charge is -2.16. The molecule has 0 atom stereocenters. The van der Waals surface area contributed by atoms with Gasteiger partial charge in [0.25, 0.3) is 0 Å². The fourth-order valence-corrected chi connectivity index (χ4v) is 4.22. The molecule has 1 aromatic heterocycles. The number of anilines is 2. The van der Waals surface area contributed by atoms with E-state index in [0.29, 0.717) is 34.3 Å². The summed E-state index contributed by atoms with van der Waals surface area (Å²) in [6.07, 6.45) is 2.74. The summed E-state index contributed by atoms with van der Waals surface area (Å²) in [6.45, 7) is 2.79. The van der Waals surface area contributed by atoms with Crippen LogP contribution in [0.4, 0.5) is 15.8 Å². The summed E-state index contributed by atoms with van der Waals surface area (Å²) >= 11 is 6.01. The first-order chi connectivity index (χ1) is 16.8. The Morgan fingerprint density at radius 1 is 1.09 bits per heavy atom. The van der Waals surface area contributed by atoms with Crippen molar-refractivity contribution in [1.82, 2.24) is 9.88 Å². The molecule has 0 aliphatic rings. The summed E-state index contributed by atoms with van der Waals surface area (Å²) < 4.78 is 14.2. The molecule has 180 valence electrons. The number of aromatic nitrogens is 1. The SMILES string of the molecule is CCCC(=O)c1cnc2ccc(-c3cc(F)c(O)c(Cl)c3)cc2c1Nc1ccc(CN(C)C)cc1. The number of hydrogen-bond acceptors (Lipinski definition) is 5. The van der Waals surface area contributed by atoms with Crippen LogP contribution in [0.5, 0.6) is 5.75 Å². The number of benzene rings is 3. The topological polar surface area (TPSA) is 65.5 Å². The molecule has 4 aromatic rings. The zero-order chi connectivity index (χ0) is 25.1. The van der Waals surface area contributed by atoms with Crippen LogP contribution >= 0.6 is 11.6 Å². The van der Waals surface area contributed by atoms with Gasteiger partial charge in [0.15, 0.2) is 17.3 Å². The molecular weight excluding hydrogens is 465 g/mol. The van der Waals surface area contributed by atoms with E-state index in [4.69, 9.17) is 11.6 Å². The van der Waals surface area contributed by atoms with Crippen LogP contribution in [0.2, 0.25) is 5.02 Å². The summed E-state index contributed by atoms with van der Waals surface area (Å²) in [7, 11) is 4.04. The van der Waals surface area contributed by atoms with E-state index < -0.39 is 11.6 Å². The number of rotatable bonds is 8. The lowest BCUT2D eigenvalue weighted by atomic mass is 9.98. The highest BCUT2D eigenvalue weighted by Gasteiger charge is 2.17. The zero-order valence-corrected chi connectivity index (χ0v) is 20.7. The van der Waals surface area contributed by atoms with Gasteiger partial charge in [-0.3, -0.25) is 9.78 Å². The zero-order valence-electron chi connectivity index (χ0n) is 19.9. The Bertz CT molecular complexity index is 1360. The second-order valence-corrected chi connectivity index (χ2v) is 9.21. The van der Waals surface area contributed by atoms with Gasteiger partial charge in [-0.2, -0.15) is 0 Å². The quantitative estimate of drug-likeness (QED) is 0.255. The number of phenolic OH excluding ortho intramolecular Hbond substituents is 1. The Morgan fingerprint density at radius 2 is 1.83 bits per heavy atom. The number of Topliss-reactive ketones (excluding diaryl/α,β-unsaturated/α-hetero) is 1. The molecule has 0 radical (unpaired) electrons. The maximum absolute atomic E-state index is 14.2. The van der Waals surface area contributed by atoms with Crippen molar-refractivity contribution in [3.8, 4) is 16.9 Å². The number of nitrogens with zero attached hydrogens (tertiary/aromatic N) is 2. The average Bonchev–Trinajstić information content (AvgIpc) is 2.83. The van der Waals surface area contributed by atoms with Crippen molar-refractivity contribution in [3.63, 3.8) is 0 Å². The smallest absolute Gasteiger partial charge is 0.170 e. The van der Waals surface area contributed by atoms with Gasteiger partial charge in [0.2, 0.25) is 0 Å². The van der Waals surface area contributed by atoms with Crippen LogP contribution in [-0.4, -0.2) is 34.9 Å².